The van der Waals surface area contributed by atoms with Gasteiger partial charge >= 0.3 is 0 Å². The summed E-state index contributed by atoms with van der Waals surface area (Å²) in [6.45, 7) is 2.14. The van der Waals surface area contributed by atoms with Crippen LogP contribution in [0.3, 0.4) is 0 Å². The van der Waals surface area contributed by atoms with Crippen molar-refractivity contribution in [3.63, 3.8) is 0 Å². The molecular weight excluding hydrogens is 228 g/mol. The highest BCUT2D eigenvalue weighted by Crippen LogP contribution is 2.19. The smallest absolute Gasteiger partial charge is 0.224 e. The van der Waals surface area contributed by atoms with Crippen LogP contribution in [0.25, 0.3) is 0 Å². The van der Waals surface area contributed by atoms with E-state index in [1.54, 1.807) is 0 Å². The van der Waals surface area contributed by atoms with Crippen LogP contribution in [0.1, 0.15) is 24.8 Å². The van der Waals surface area contributed by atoms with E-state index in [0.29, 0.717) is 6.04 Å². The Balaban J connectivity index is 1.99. The van der Waals surface area contributed by atoms with Crippen molar-refractivity contribution in [1.29, 1.82) is 0 Å². The van der Waals surface area contributed by atoms with Crippen LogP contribution in [0.15, 0.2) is 12.4 Å². The Morgan fingerprint density at radius 1 is 1.33 bits per heavy atom. The summed E-state index contributed by atoms with van der Waals surface area (Å²) in [7, 11) is 3.86. The van der Waals surface area contributed by atoms with Gasteiger partial charge < -0.3 is 10.0 Å². The van der Waals surface area contributed by atoms with E-state index < -0.39 is 0 Å². The summed E-state index contributed by atoms with van der Waals surface area (Å²) in [5.74, 6) is 0.733. The van der Waals surface area contributed by atoms with E-state index in [-0.39, 0.29) is 6.61 Å². The monoisotopic (exact) mass is 250 g/mol. The minimum atomic E-state index is 0.247. The van der Waals surface area contributed by atoms with Crippen LogP contribution in [0.2, 0.25) is 0 Å². The molecule has 1 atom stereocenters. The second-order valence-corrected chi connectivity index (χ2v) is 5.09. The van der Waals surface area contributed by atoms with Gasteiger partial charge in [-0.3, -0.25) is 4.90 Å². The third-order valence-corrected chi connectivity index (χ3v) is 3.44. The van der Waals surface area contributed by atoms with Gasteiger partial charge in [0.25, 0.3) is 0 Å². The zero-order chi connectivity index (χ0) is 13.0. The Bertz CT molecular complexity index is 366. The molecule has 0 amide bonds. The highest BCUT2D eigenvalue weighted by atomic mass is 16.3. The molecule has 1 aromatic rings. The molecule has 0 aliphatic carbocycles. The maximum Gasteiger partial charge on any atom is 0.224 e. The molecule has 1 saturated heterocycles. The summed E-state index contributed by atoms with van der Waals surface area (Å²) in [6, 6.07) is 0.298. The van der Waals surface area contributed by atoms with Crippen LogP contribution < -0.4 is 4.90 Å². The first kappa shape index (κ1) is 13.2. The molecule has 1 fully saturated rings. The molecule has 18 heavy (non-hydrogen) atoms. The molecule has 1 aliphatic rings. The minimum Gasteiger partial charge on any atom is -0.395 e. The fraction of sp³-hybridized carbons (Fsp3) is 0.692. The molecular formula is C13H22N4O. The van der Waals surface area contributed by atoms with Crippen molar-refractivity contribution in [3.05, 3.63) is 18.0 Å². The SMILES string of the molecule is CN(C)c1ncc(CN2CCCCC2CO)cn1. The fourth-order valence-electron chi connectivity index (χ4n) is 2.37. The highest BCUT2D eigenvalue weighted by molar-refractivity contribution is 5.26. The average molecular weight is 250 g/mol. The van der Waals surface area contributed by atoms with E-state index in [1.807, 2.05) is 31.4 Å². The molecule has 1 aliphatic heterocycles. The lowest BCUT2D eigenvalue weighted by atomic mass is 10.0. The average Bonchev–Trinajstić information content (AvgIpc) is 2.40. The third kappa shape index (κ3) is 3.17. The van der Waals surface area contributed by atoms with Crippen molar-refractivity contribution in [1.82, 2.24) is 14.9 Å². The number of piperidine rings is 1. The van der Waals surface area contributed by atoms with Gasteiger partial charge in [0.05, 0.1) is 6.61 Å². The number of anilines is 1. The van der Waals surface area contributed by atoms with E-state index in [9.17, 15) is 5.11 Å². The highest BCUT2D eigenvalue weighted by Gasteiger charge is 2.21. The van der Waals surface area contributed by atoms with Crippen LogP contribution in [-0.4, -0.2) is 53.3 Å². The van der Waals surface area contributed by atoms with Crippen LogP contribution in [-0.2, 0) is 6.54 Å². The topological polar surface area (TPSA) is 52.5 Å². The van der Waals surface area contributed by atoms with Crippen molar-refractivity contribution < 1.29 is 5.11 Å². The molecule has 100 valence electrons. The molecule has 5 heteroatoms. The number of hydrogen-bond donors (Lipinski definition) is 1. The lowest BCUT2D eigenvalue weighted by Crippen LogP contribution is -2.41. The number of hydrogen-bond acceptors (Lipinski definition) is 5. The number of aromatic nitrogens is 2. The van der Waals surface area contributed by atoms with Crippen molar-refractivity contribution in [2.45, 2.75) is 31.8 Å². The van der Waals surface area contributed by atoms with Crippen molar-refractivity contribution in [2.75, 3.05) is 32.1 Å². The molecule has 0 spiro atoms. The first-order valence-electron chi connectivity index (χ1n) is 6.54. The Hall–Kier alpha value is -1.20. The summed E-state index contributed by atoms with van der Waals surface area (Å²) in [5, 5.41) is 9.38. The Morgan fingerprint density at radius 3 is 2.67 bits per heavy atom. The number of aliphatic hydroxyl groups excluding tert-OH is 1. The Labute approximate surface area is 108 Å². The van der Waals surface area contributed by atoms with Gasteiger partial charge in [-0.05, 0) is 19.4 Å². The van der Waals surface area contributed by atoms with Crippen molar-refractivity contribution in [2.24, 2.45) is 0 Å². The molecule has 2 heterocycles. The van der Waals surface area contributed by atoms with Gasteiger partial charge in [-0.15, -0.1) is 0 Å². The van der Waals surface area contributed by atoms with Gasteiger partial charge in [-0.1, -0.05) is 6.42 Å². The predicted octanol–water partition coefficient (Wildman–Crippen LogP) is 0.889. The first-order valence-corrected chi connectivity index (χ1v) is 6.54. The van der Waals surface area contributed by atoms with Gasteiger partial charge in [-0.2, -0.15) is 0 Å². The van der Waals surface area contributed by atoms with Gasteiger partial charge in [0, 0.05) is 44.6 Å². The summed E-state index contributed by atoms with van der Waals surface area (Å²) in [4.78, 5) is 12.9. The van der Waals surface area contributed by atoms with Crippen LogP contribution in [0.4, 0.5) is 5.95 Å². The lowest BCUT2D eigenvalue weighted by Gasteiger charge is -2.34. The molecule has 1 unspecified atom stereocenters. The molecule has 0 bridgehead atoms. The van der Waals surface area contributed by atoms with E-state index in [1.165, 1.54) is 12.8 Å². The van der Waals surface area contributed by atoms with Crippen molar-refractivity contribution in [3.8, 4) is 0 Å². The van der Waals surface area contributed by atoms with Crippen LogP contribution in [0.5, 0.6) is 0 Å². The second-order valence-electron chi connectivity index (χ2n) is 5.09. The maximum absolute atomic E-state index is 9.38. The van der Waals surface area contributed by atoms with E-state index in [0.717, 1.165) is 31.0 Å². The Kier molecular flexibility index (Phi) is 4.49. The van der Waals surface area contributed by atoms with E-state index in [4.69, 9.17) is 0 Å². The molecule has 0 radical (unpaired) electrons. The molecule has 5 nitrogen and oxygen atoms in total. The summed E-state index contributed by atoms with van der Waals surface area (Å²) in [5.41, 5.74) is 1.11. The van der Waals surface area contributed by atoms with Crippen LogP contribution >= 0.6 is 0 Å². The molecule has 0 aromatic carbocycles. The number of aliphatic hydroxyl groups is 1. The Morgan fingerprint density at radius 2 is 2.06 bits per heavy atom. The van der Waals surface area contributed by atoms with E-state index in [2.05, 4.69) is 14.9 Å². The summed E-state index contributed by atoms with van der Waals surface area (Å²) < 4.78 is 0. The van der Waals surface area contributed by atoms with Gasteiger partial charge in [0.1, 0.15) is 0 Å². The summed E-state index contributed by atoms with van der Waals surface area (Å²) >= 11 is 0. The molecule has 1 N–H and O–H groups in total. The van der Waals surface area contributed by atoms with Crippen molar-refractivity contribution >= 4 is 5.95 Å². The van der Waals surface area contributed by atoms with Gasteiger partial charge in [-0.25, -0.2) is 9.97 Å². The number of nitrogens with zero attached hydrogens (tertiary/aromatic N) is 4. The predicted molar refractivity (Wildman–Crippen MR) is 71.5 cm³/mol. The molecule has 0 saturated carbocycles. The van der Waals surface area contributed by atoms with Gasteiger partial charge in [0.15, 0.2) is 0 Å². The van der Waals surface area contributed by atoms with Crippen LogP contribution in [0, 0.1) is 0 Å². The quantitative estimate of drug-likeness (QED) is 0.860. The zero-order valence-electron chi connectivity index (χ0n) is 11.2. The normalized spacial score (nSPS) is 20.9. The maximum atomic E-state index is 9.38. The lowest BCUT2D eigenvalue weighted by molar-refractivity contribution is 0.0839. The zero-order valence-corrected chi connectivity index (χ0v) is 11.2. The molecule has 2 rings (SSSR count). The number of rotatable bonds is 4. The van der Waals surface area contributed by atoms with Gasteiger partial charge in [0.2, 0.25) is 5.95 Å². The standard InChI is InChI=1S/C13H22N4O/c1-16(2)13-14-7-11(8-15-13)9-17-6-4-3-5-12(17)10-18/h7-8,12,18H,3-6,9-10H2,1-2H3. The second kappa shape index (κ2) is 6.11. The largest absolute Gasteiger partial charge is 0.395 e. The third-order valence-electron chi connectivity index (χ3n) is 3.44. The first-order chi connectivity index (χ1) is 8.70. The summed E-state index contributed by atoms with van der Waals surface area (Å²) in [6.07, 6.45) is 7.29. The number of likely N-dealkylation sites (tertiary alicyclic amines) is 1. The minimum absolute atomic E-state index is 0.247. The fourth-order valence-corrected chi connectivity index (χ4v) is 2.37. The molecule has 1 aromatic heterocycles. The van der Waals surface area contributed by atoms with E-state index >= 15 is 0 Å².